The molecule has 2 saturated heterocycles. The van der Waals surface area contributed by atoms with Crippen LogP contribution in [0.2, 0.25) is 0 Å². The third-order valence-corrected chi connectivity index (χ3v) is 15.1. The number of ether oxygens (including phenoxy) is 4. The van der Waals surface area contributed by atoms with Crippen LogP contribution in [-0.4, -0.2) is 162 Å². The van der Waals surface area contributed by atoms with Gasteiger partial charge in [0.25, 0.3) is 11.8 Å². The second-order valence-electron chi connectivity index (χ2n) is 21.1. The molecule has 3 aliphatic rings. The smallest absolute Gasteiger partial charge is 0.410 e. The molecule has 9 unspecified atom stereocenters. The molecule has 2 N–H and O–H groups in total. The molecular formula is C55H85N5O14. The maximum Gasteiger partial charge on any atom is 0.410 e. The lowest BCUT2D eigenvalue weighted by Gasteiger charge is -2.41. The lowest BCUT2D eigenvalue weighted by molar-refractivity contribution is -0.201. The first-order valence-electron chi connectivity index (χ1n) is 26.5. The molecule has 414 valence electrons. The number of hydrogen-bond donors (Lipinski definition) is 2. The van der Waals surface area contributed by atoms with Crippen molar-refractivity contribution in [1.29, 1.82) is 0 Å². The van der Waals surface area contributed by atoms with Crippen molar-refractivity contribution in [2.75, 3.05) is 41.5 Å². The van der Waals surface area contributed by atoms with Gasteiger partial charge in [-0.2, -0.15) is 0 Å². The van der Waals surface area contributed by atoms with Gasteiger partial charge >= 0.3 is 12.1 Å². The molecule has 12 atom stereocenters. The van der Waals surface area contributed by atoms with E-state index in [4.69, 9.17) is 23.8 Å². The van der Waals surface area contributed by atoms with Crippen LogP contribution in [0.3, 0.4) is 0 Å². The van der Waals surface area contributed by atoms with E-state index in [-0.39, 0.29) is 73.0 Å². The summed E-state index contributed by atoms with van der Waals surface area (Å²) in [5, 5.41) is 14.3. The first kappa shape index (κ1) is 61.3. The summed E-state index contributed by atoms with van der Waals surface area (Å²) < 4.78 is 23.7. The van der Waals surface area contributed by atoms with Crippen molar-refractivity contribution in [2.45, 2.75) is 181 Å². The Balaban J connectivity index is 1.38. The largest absolute Gasteiger partial charge is 0.442 e. The van der Waals surface area contributed by atoms with Gasteiger partial charge in [0.2, 0.25) is 17.7 Å². The van der Waals surface area contributed by atoms with Crippen molar-refractivity contribution in [2.24, 2.45) is 29.6 Å². The van der Waals surface area contributed by atoms with Crippen molar-refractivity contribution >= 4 is 47.4 Å². The van der Waals surface area contributed by atoms with Crippen molar-refractivity contribution in [1.82, 2.24) is 25.1 Å². The Morgan fingerprint density at radius 2 is 1.50 bits per heavy atom. The molecule has 6 amide bonds. The molecule has 0 bridgehead atoms. The average Bonchev–Trinajstić information content (AvgIpc) is 3.98. The molecule has 2 fully saturated rings. The molecule has 1 aliphatic carbocycles. The van der Waals surface area contributed by atoms with Crippen LogP contribution in [0.15, 0.2) is 42.5 Å². The van der Waals surface area contributed by atoms with E-state index in [9.17, 15) is 43.5 Å². The van der Waals surface area contributed by atoms with Crippen LogP contribution in [-0.2, 0) is 57.3 Å². The summed E-state index contributed by atoms with van der Waals surface area (Å²) in [6.07, 6.45) is 3.41. The summed E-state index contributed by atoms with van der Waals surface area (Å²) in [6.45, 7) is 15.0. The Hall–Kier alpha value is -5.24. The average molecular weight is 1040 g/mol. The van der Waals surface area contributed by atoms with Gasteiger partial charge in [0.1, 0.15) is 12.7 Å². The van der Waals surface area contributed by atoms with E-state index in [1.54, 1.807) is 55.0 Å². The van der Waals surface area contributed by atoms with Crippen LogP contribution >= 0.6 is 0 Å². The molecule has 0 aromatic heterocycles. The van der Waals surface area contributed by atoms with Crippen LogP contribution in [0.4, 0.5) is 4.79 Å². The summed E-state index contributed by atoms with van der Waals surface area (Å²) in [6, 6.07) is 6.67. The zero-order valence-electron chi connectivity index (χ0n) is 45.9. The molecule has 0 spiro atoms. The van der Waals surface area contributed by atoms with Crippen LogP contribution in [0.5, 0.6) is 0 Å². The number of benzene rings is 1. The number of aliphatic hydroxyl groups is 1. The topological polar surface area (TPSA) is 228 Å². The number of aliphatic hydroxyl groups excluding tert-OH is 1. The second-order valence-corrected chi connectivity index (χ2v) is 21.1. The third-order valence-electron chi connectivity index (χ3n) is 15.1. The molecule has 19 heteroatoms. The van der Waals surface area contributed by atoms with Crippen LogP contribution in [0, 0.1) is 29.6 Å². The summed E-state index contributed by atoms with van der Waals surface area (Å²) in [7, 11) is 6.28. The first-order chi connectivity index (χ1) is 35.1. The van der Waals surface area contributed by atoms with E-state index in [1.807, 2.05) is 59.7 Å². The quantitative estimate of drug-likeness (QED) is 0.0807. The van der Waals surface area contributed by atoms with Crippen LogP contribution in [0.1, 0.15) is 138 Å². The number of likely N-dealkylation sites (N-methyl/N-ethyl adjacent to an activating group) is 2. The van der Waals surface area contributed by atoms with E-state index >= 15 is 0 Å². The number of ketones is 1. The number of amides is 6. The molecule has 19 nitrogen and oxygen atoms in total. The number of carbonyl (C=O) groups excluding carboxylic acids is 8. The molecular weight excluding hydrogens is 955 g/mol. The second kappa shape index (κ2) is 29.2. The number of imide groups is 1. The van der Waals surface area contributed by atoms with Gasteiger partial charge < -0.3 is 48.9 Å². The minimum absolute atomic E-state index is 0.00843. The molecule has 1 aromatic carbocycles. The van der Waals surface area contributed by atoms with Crippen molar-refractivity contribution in [3.63, 3.8) is 0 Å². The first-order valence-corrected chi connectivity index (χ1v) is 26.5. The Morgan fingerprint density at radius 3 is 2.09 bits per heavy atom. The number of rotatable bonds is 26. The summed E-state index contributed by atoms with van der Waals surface area (Å²) in [5.41, 5.74) is 0.683. The number of nitrogens with one attached hydrogen (secondary N) is 1. The molecule has 74 heavy (non-hydrogen) atoms. The number of likely N-dealkylation sites (tertiary alicyclic amines) is 1. The normalized spacial score (nSPS) is 22.3. The van der Waals surface area contributed by atoms with Gasteiger partial charge in [-0.1, -0.05) is 91.3 Å². The predicted molar refractivity (Wildman–Crippen MR) is 274 cm³/mol. The standard InChI is InChI=1S/C55H85N5O14/c1-13-35(6)50(44(70-11)31-47(64)59-29-19-26-42(59)52(71-12)36(7)53(67)56-37(8)51(66)38-20-15-14-16-21-38)57(9)54(68)41(33(2)3)30-43(61)49(34(4)5)58(10)55(69)73-40-24-17-22-39(23-18-25-40)72-32-48(65)74-60-45(62)27-28-46(60)63/h14-17,20-21,24,33-37,39-42,44,49-52,66H,13,18-19,22-23,25-32H2,1-12H3,(H,56,67)/b24-17+/t35-,36?,37+,39?,40?,41?,42?,44?,49?,50?,51+,52?/m0/s1. The lowest BCUT2D eigenvalue weighted by Crippen LogP contribution is -2.55. The molecule has 0 saturated carbocycles. The number of carbonyl (C=O) groups is 8. The number of methoxy groups -OCH3 is 2. The van der Waals surface area contributed by atoms with E-state index in [0.29, 0.717) is 62.1 Å². The molecule has 4 rings (SSSR count). The van der Waals surface area contributed by atoms with Crippen molar-refractivity contribution < 1.29 is 67.2 Å². The van der Waals surface area contributed by atoms with E-state index in [1.165, 1.54) is 26.2 Å². The zero-order valence-corrected chi connectivity index (χ0v) is 45.9. The number of nitrogens with zero attached hydrogens (tertiary/aromatic N) is 4. The maximum atomic E-state index is 14.8. The van der Waals surface area contributed by atoms with Gasteiger partial charge in [0, 0.05) is 60.0 Å². The fraction of sp³-hybridized carbons (Fsp3) is 0.709. The van der Waals surface area contributed by atoms with E-state index in [2.05, 4.69) is 5.32 Å². The Labute approximate surface area is 438 Å². The minimum atomic E-state index is -0.916. The number of hydroxylamine groups is 2. The highest BCUT2D eigenvalue weighted by Crippen LogP contribution is 2.32. The highest BCUT2D eigenvalue weighted by atomic mass is 16.7. The Morgan fingerprint density at radius 1 is 0.838 bits per heavy atom. The van der Waals surface area contributed by atoms with Crippen LogP contribution in [0.25, 0.3) is 0 Å². The van der Waals surface area contributed by atoms with Crippen LogP contribution < -0.4 is 5.32 Å². The Kier molecular flexibility index (Phi) is 24.2. The molecule has 2 heterocycles. The van der Waals surface area contributed by atoms with E-state index < -0.39 is 90.9 Å². The monoisotopic (exact) mass is 1040 g/mol. The fourth-order valence-electron chi connectivity index (χ4n) is 10.6. The maximum absolute atomic E-state index is 14.8. The zero-order chi connectivity index (χ0) is 55.0. The summed E-state index contributed by atoms with van der Waals surface area (Å²) in [4.78, 5) is 116. The van der Waals surface area contributed by atoms with Gasteiger partial charge in [-0.15, -0.1) is 5.06 Å². The highest BCUT2D eigenvalue weighted by Gasteiger charge is 2.44. The van der Waals surface area contributed by atoms with Crippen molar-refractivity contribution in [3.05, 3.63) is 48.0 Å². The van der Waals surface area contributed by atoms with Gasteiger partial charge in [-0.3, -0.25) is 28.8 Å². The van der Waals surface area contributed by atoms with Gasteiger partial charge in [-0.05, 0) is 74.8 Å². The summed E-state index contributed by atoms with van der Waals surface area (Å²) >= 11 is 0. The van der Waals surface area contributed by atoms with Gasteiger partial charge in [0.15, 0.2) is 5.78 Å². The molecule has 1 aromatic rings. The summed E-state index contributed by atoms with van der Waals surface area (Å²) in [5.74, 6) is -5.19. The Bertz CT molecular complexity index is 2070. The third kappa shape index (κ3) is 16.4. The fourth-order valence-corrected chi connectivity index (χ4v) is 10.6. The van der Waals surface area contributed by atoms with Gasteiger partial charge in [-0.25, -0.2) is 9.59 Å². The number of Topliss-reactive ketones (excluding diaryl/α,β-unsaturated/α-hetero) is 1. The molecule has 2 aliphatic heterocycles. The SMILES string of the molecule is CC[C@H](C)C(C(CC(=O)N1CCCC1C(OC)C(C)C(=O)N[C@H](C)[C@@H](O)c1ccccc1)OC)N(C)C(=O)C(CC(=O)C(C(C)C)N(C)C(=O)OC1/C=C/CC(OCC(=O)ON2C(=O)CCC2=O)CCC1)C(C)C. The lowest BCUT2D eigenvalue weighted by atomic mass is 9.83. The van der Waals surface area contributed by atoms with Gasteiger partial charge in [0.05, 0.1) is 60.9 Å². The van der Waals surface area contributed by atoms with Crippen molar-refractivity contribution in [3.8, 4) is 0 Å². The van der Waals surface area contributed by atoms with E-state index in [0.717, 1.165) is 0 Å². The predicted octanol–water partition coefficient (Wildman–Crippen LogP) is 5.96. The molecule has 0 radical (unpaired) electrons. The number of hydrogen-bond acceptors (Lipinski definition) is 14. The minimum Gasteiger partial charge on any atom is -0.442 e. The highest BCUT2D eigenvalue weighted by molar-refractivity contribution is 6.01.